The molecular weight excluding hydrogens is 264 g/mol. The number of imidazole rings is 1. The van der Waals surface area contributed by atoms with E-state index in [1.54, 1.807) is 6.92 Å². The average Bonchev–Trinajstić information content (AvgIpc) is 2.80. The number of carbonyl (C=O) groups excluding carboxylic acids is 1. The molecule has 0 unspecified atom stereocenters. The molecule has 0 bridgehead atoms. The highest BCUT2D eigenvalue weighted by atomic mass is 16.4. The maximum absolute atomic E-state index is 12.0. The van der Waals surface area contributed by atoms with Crippen LogP contribution in [0.3, 0.4) is 0 Å². The number of hydrogen-bond acceptors (Lipinski definition) is 6. The van der Waals surface area contributed by atoms with Crippen LogP contribution in [-0.4, -0.2) is 54.5 Å². The number of carbonyl (C=O) groups is 2. The van der Waals surface area contributed by atoms with Gasteiger partial charge in [-0.25, -0.2) is 15.0 Å². The van der Waals surface area contributed by atoms with E-state index < -0.39 is 5.97 Å². The first kappa shape index (κ1) is 13.7. The first-order valence-electron chi connectivity index (χ1n) is 5.93. The summed E-state index contributed by atoms with van der Waals surface area (Å²) in [5.41, 5.74) is 6.51. The number of likely N-dealkylation sites (N-methyl/N-ethyl adjacent to an activating group) is 1. The first-order valence-corrected chi connectivity index (χ1v) is 5.93. The summed E-state index contributed by atoms with van der Waals surface area (Å²) < 4.78 is 1.51. The van der Waals surface area contributed by atoms with Gasteiger partial charge < -0.3 is 20.3 Å². The van der Waals surface area contributed by atoms with E-state index in [1.165, 1.54) is 22.1 Å². The predicted molar refractivity (Wildman–Crippen MR) is 69.6 cm³/mol. The summed E-state index contributed by atoms with van der Waals surface area (Å²) in [5.74, 6) is -1.15. The molecule has 3 N–H and O–H groups in total. The van der Waals surface area contributed by atoms with Crippen molar-refractivity contribution in [3.8, 4) is 0 Å². The van der Waals surface area contributed by atoms with Crippen molar-refractivity contribution in [2.45, 2.75) is 13.5 Å². The Hall–Kier alpha value is -2.71. The highest BCUT2D eigenvalue weighted by molar-refractivity contribution is 5.84. The predicted octanol–water partition coefficient (Wildman–Crippen LogP) is -0.658. The van der Waals surface area contributed by atoms with E-state index in [4.69, 9.17) is 10.8 Å². The van der Waals surface area contributed by atoms with E-state index in [1.807, 2.05) is 0 Å². The number of carboxylic acid groups (broad SMARTS) is 1. The molecule has 0 radical (unpaired) electrons. The molecule has 20 heavy (non-hydrogen) atoms. The fourth-order valence-corrected chi connectivity index (χ4v) is 1.80. The van der Waals surface area contributed by atoms with Gasteiger partial charge in [0.25, 0.3) is 0 Å². The quantitative estimate of drug-likeness (QED) is 0.743. The number of aliphatic carboxylic acids is 1. The molecule has 0 spiro atoms. The number of fused-ring (bicyclic) bond motifs is 1. The zero-order chi connectivity index (χ0) is 14.7. The van der Waals surface area contributed by atoms with E-state index in [-0.39, 0.29) is 24.8 Å². The number of hydrogen-bond donors (Lipinski definition) is 2. The third-order valence-corrected chi connectivity index (χ3v) is 2.80. The largest absolute Gasteiger partial charge is 0.480 e. The van der Waals surface area contributed by atoms with Crippen molar-refractivity contribution in [3.63, 3.8) is 0 Å². The molecule has 0 saturated heterocycles. The van der Waals surface area contributed by atoms with Gasteiger partial charge in [-0.15, -0.1) is 0 Å². The zero-order valence-electron chi connectivity index (χ0n) is 10.9. The molecule has 0 atom stereocenters. The highest BCUT2D eigenvalue weighted by Crippen LogP contribution is 2.14. The number of nitrogens with zero attached hydrogens (tertiary/aromatic N) is 5. The molecule has 0 aliphatic rings. The van der Waals surface area contributed by atoms with Gasteiger partial charge in [-0.05, 0) is 6.92 Å². The average molecular weight is 278 g/mol. The molecule has 0 aliphatic heterocycles. The molecule has 9 nitrogen and oxygen atoms in total. The summed E-state index contributed by atoms with van der Waals surface area (Å²) >= 11 is 0. The van der Waals surface area contributed by atoms with E-state index in [0.29, 0.717) is 17.7 Å². The van der Waals surface area contributed by atoms with E-state index >= 15 is 0 Å². The van der Waals surface area contributed by atoms with Crippen molar-refractivity contribution in [2.24, 2.45) is 0 Å². The van der Waals surface area contributed by atoms with E-state index in [9.17, 15) is 9.59 Å². The van der Waals surface area contributed by atoms with Crippen LogP contribution in [0.15, 0.2) is 12.7 Å². The third-order valence-electron chi connectivity index (χ3n) is 2.80. The Bertz CT molecular complexity index is 653. The summed E-state index contributed by atoms with van der Waals surface area (Å²) in [6.07, 6.45) is 2.72. The lowest BCUT2D eigenvalue weighted by atomic mass is 10.4. The van der Waals surface area contributed by atoms with Crippen LogP contribution < -0.4 is 5.73 Å². The Balaban J connectivity index is 2.21. The van der Waals surface area contributed by atoms with Crippen LogP contribution >= 0.6 is 0 Å². The molecule has 0 aromatic carbocycles. The van der Waals surface area contributed by atoms with Crippen molar-refractivity contribution >= 4 is 28.9 Å². The summed E-state index contributed by atoms with van der Waals surface area (Å²) in [5, 5.41) is 8.75. The van der Waals surface area contributed by atoms with Crippen LogP contribution in [0.5, 0.6) is 0 Å². The maximum Gasteiger partial charge on any atom is 0.323 e. The molecule has 106 valence electrons. The minimum absolute atomic E-state index is 0.0475. The summed E-state index contributed by atoms with van der Waals surface area (Å²) in [6, 6.07) is 0. The van der Waals surface area contributed by atoms with E-state index in [2.05, 4.69) is 15.0 Å². The van der Waals surface area contributed by atoms with Crippen molar-refractivity contribution in [1.29, 1.82) is 0 Å². The van der Waals surface area contributed by atoms with Crippen LogP contribution in [0, 0.1) is 0 Å². The van der Waals surface area contributed by atoms with Gasteiger partial charge in [-0.1, -0.05) is 0 Å². The number of nitrogen functional groups attached to an aromatic ring is 1. The number of amides is 1. The van der Waals surface area contributed by atoms with Gasteiger partial charge in [0.2, 0.25) is 5.91 Å². The SMILES string of the molecule is CCN(CC(=O)O)C(=O)Cn1cnc2c(N)ncnc21. The van der Waals surface area contributed by atoms with Crippen molar-refractivity contribution < 1.29 is 14.7 Å². The molecule has 0 fully saturated rings. The van der Waals surface area contributed by atoms with E-state index in [0.717, 1.165) is 0 Å². The molecule has 2 rings (SSSR count). The molecule has 0 saturated carbocycles. The first-order chi connectivity index (χ1) is 9.52. The topological polar surface area (TPSA) is 127 Å². The number of anilines is 1. The molecule has 0 aliphatic carbocycles. The third kappa shape index (κ3) is 2.66. The lowest BCUT2D eigenvalue weighted by Crippen LogP contribution is -2.37. The standard InChI is InChI=1S/C11H14N6O3/c1-2-16(4-8(19)20)7(18)3-17-6-15-9-10(12)13-5-14-11(9)17/h5-6H,2-4H2,1H3,(H,19,20)(H2,12,13,14). The molecule has 2 heterocycles. The highest BCUT2D eigenvalue weighted by Gasteiger charge is 2.17. The zero-order valence-corrected chi connectivity index (χ0v) is 10.9. The van der Waals surface area contributed by atoms with Crippen molar-refractivity contribution in [2.75, 3.05) is 18.8 Å². The minimum Gasteiger partial charge on any atom is -0.480 e. The second kappa shape index (κ2) is 5.51. The van der Waals surface area contributed by atoms with Gasteiger partial charge in [0.05, 0.1) is 6.33 Å². The smallest absolute Gasteiger partial charge is 0.323 e. The molecule has 2 aromatic rings. The van der Waals surface area contributed by atoms with Crippen LogP contribution in [0.25, 0.3) is 11.2 Å². The van der Waals surface area contributed by atoms with Crippen LogP contribution in [0.4, 0.5) is 5.82 Å². The van der Waals surface area contributed by atoms with Gasteiger partial charge in [0.15, 0.2) is 11.5 Å². The second-order valence-electron chi connectivity index (χ2n) is 4.11. The summed E-state index contributed by atoms with van der Waals surface area (Å²) in [6.45, 7) is 1.65. The number of carboxylic acids is 1. The lowest BCUT2D eigenvalue weighted by molar-refractivity contribution is -0.144. The van der Waals surface area contributed by atoms with Gasteiger partial charge in [0, 0.05) is 6.54 Å². The van der Waals surface area contributed by atoms with Crippen molar-refractivity contribution in [1.82, 2.24) is 24.4 Å². The van der Waals surface area contributed by atoms with Crippen molar-refractivity contribution in [3.05, 3.63) is 12.7 Å². The normalized spacial score (nSPS) is 10.7. The Morgan fingerprint density at radius 1 is 1.40 bits per heavy atom. The monoisotopic (exact) mass is 278 g/mol. The summed E-state index contributed by atoms with van der Waals surface area (Å²) in [7, 11) is 0. The maximum atomic E-state index is 12.0. The fraction of sp³-hybridized carbons (Fsp3) is 0.364. The molecule has 2 aromatic heterocycles. The Morgan fingerprint density at radius 2 is 2.15 bits per heavy atom. The second-order valence-corrected chi connectivity index (χ2v) is 4.11. The van der Waals surface area contributed by atoms with Gasteiger partial charge in [0.1, 0.15) is 24.9 Å². The summed E-state index contributed by atoms with van der Waals surface area (Å²) in [4.78, 5) is 35.8. The Labute approximate surface area is 114 Å². The van der Waals surface area contributed by atoms with Gasteiger partial charge in [-0.2, -0.15) is 0 Å². The van der Waals surface area contributed by atoms with Gasteiger partial charge in [-0.3, -0.25) is 9.59 Å². The number of nitrogens with two attached hydrogens (primary N) is 1. The number of aromatic nitrogens is 4. The molecule has 1 amide bonds. The Morgan fingerprint density at radius 3 is 2.80 bits per heavy atom. The molecule has 9 heteroatoms. The van der Waals surface area contributed by atoms with Gasteiger partial charge >= 0.3 is 5.97 Å². The van der Waals surface area contributed by atoms with Crippen LogP contribution in [0.2, 0.25) is 0 Å². The van der Waals surface area contributed by atoms with Crippen LogP contribution in [0.1, 0.15) is 6.92 Å². The Kier molecular flexibility index (Phi) is 3.78. The molecular formula is C11H14N6O3. The fourth-order valence-electron chi connectivity index (χ4n) is 1.80. The lowest BCUT2D eigenvalue weighted by Gasteiger charge is -2.18. The minimum atomic E-state index is -1.05. The van der Waals surface area contributed by atoms with Crippen LogP contribution in [-0.2, 0) is 16.1 Å². The number of rotatable bonds is 5.